The lowest BCUT2D eigenvalue weighted by molar-refractivity contribution is -0.119. The molecule has 0 bridgehead atoms. The number of anilines is 2. The summed E-state index contributed by atoms with van der Waals surface area (Å²) in [6.07, 6.45) is 0. The van der Waals surface area contributed by atoms with Gasteiger partial charge in [0.1, 0.15) is 17.5 Å². The van der Waals surface area contributed by atoms with Crippen LogP contribution in [0.15, 0.2) is 36.4 Å². The van der Waals surface area contributed by atoms with Gasteiger partial charge in [-0.1, -0.05) is 12.1 Å². The fourth-order valence-electron chi connectivity index (χ4n) is 4.16. The van der Waals surface area contributed by atoms with E-state index in [1.807, 2.05) is 19.9 Å². The molecule has 1 atom stereocenters. The van der Waals surface area contributed by atoms with Crippen molar-refractivity contribution in [2.75, 3.05) is 49.7 Å². The van der Waals surface area contributed by atoms with Crippen molar-refractivity contribution in [2.45, 2.75) is 26.8 Å². The zero-order chi connectivity index (χ0) is 24.2. The van der Waals surface area contributed by atoms with E-state index in [-0.39, 0.29) is 0 Å². The maximum atomic E-state index is 13.2. The molecule has 0 aliphatic carbocycles. The van der Waals surface area contributed by atoms with Gasteiger partial charge in [0.2, 0.25) is 5.91 Å². The smallest absolute Gasteiger partial charge is 0.262 e. The van der Waals surface area contributed by atoms with E-state index < -0.39 is 23.8 Å². The number of ether oxygens (including phenoxy) is 3. The van der Waals surface area contributed by atoms with Crippen LogP contribution < -0.4 is 19.7 Å². The third kappa shape index (κ3) is 4.43. The molecular weight excluding hydrogens is 438 g/mol. The lowest BCUT2D eigenvalue weighted by Gasteiger charge is -2.31. The average molecular weight is 468 g/mol. The maximum Gasteiger partial charge on any atom is 0.262 e. The molecule has 1 N–H and O–H groups in total. The predicted octanol–water partition coefficient (Wildman–Crippen LogP) is 2.94. The summed E-state index contributed by atoms with van der Waals surface area (Å²) in [5.41, 5.74) is 1.88. The highest BCUT2D eigenvalue weighted by atomic mass is 16.5. The van der Waals surface area contributed by atoms with E-state index in [0.29, 0.717) is 67.8 Å². The van der Waals surface area contributed by atoms with Crippen LogP contribution in [-0.2, 0) is 9.53 Å². The lowest BCUT2D eigenvalue weighted by atomic mass is 10.1. The van der Waals surface area contributed by atoms with Gasteiger partial charge in [0.05, 0.1) is 48.9 Å². The van der Waals surface area contributed by atoms with Crippen LogP contribution in [0.5, 0.6) is 11.5 Å². The third-order valence-corrected chi connectivity index (χ3v) is 5.86. The fraction of sp³-hybridized carbons (Fsp3) is 0.400. The SMILES string of the molecule is CCOc1cc(N2CCOCC2)c(OCC)cc1NC(=O)C(C)N1C(=O)c2ccccc2C1=O. The van der Waals surface area contributed by atoms with Crippen LogP contribution in [-0.4, -0.2) is 68.2 Å². The molecule has 0 saturated carbocycles. The highest BCUT2D eigenvalue weighted by Gasteiger charge is 2.40. The molecule has 0 aromatic heterocycles. The molecule has 0 radical (unpaired) electrons. The summed E-state index contributed by atoms with van der Waals surface area (Å²) >= 11 is 0. The topological polar surface area (TPSA) is 97.4 Å². The zero-order valence-corrected chi connectivity index (χ0v) is 19.6. The average Bonchev–Trinajstić information content (AvgIpc) is 3.11. The first kappa shape index (κ1) is 23.6. The Labute approximate surface area is 198 Å². The molecule has 2 aliphatic rings. The van der Waals surface area contributed by atoms with E-state index >= 15 is 0 Å². The number of nitrogens with one attached hydrogen (secondary N) is 1. The predicted molar refractivity (Wildman–Crippen MR) is 127 cm³/mol. The number of nitrogens with zero attached hydrogens (tertiary/aromatic N) is 2. The van der Waals surface area contributed by atoms with Gasteiger partial charge in [0.15, 0.2) is 0 Å². The minimum atomic E-state index is -1.02. The Balaban J connectivity index is 1.61. The van der Waals surface area contributed by atoms with Crippen molar-refractivity contribution in [1.82, 2.24) is 4.90 Å². The molecule has 9 nitrogen and oxygen atoms in total. The van der Waals surface area contributed by atoms with Gasteiger partial charge < -0.3 is 24.4 Å². The molecular formula is C25H29N3O6. The molecule has 1 unspecified atom stereocenters. The second kappa shape index (κ2) is 10.1. The summed E-state index contributed by atoms with van der Waals surface area (Å²) in [6, 6.07) is 9.12. The molecule has 2 aromatic carbocycles. The van der Waals surface area contributed by atoms with Gasteiger partial charge in [0.25, 0.3) is 11.8 Å². The Morgan fingerprint density at radius 1 is 1.00 bits per heavy atom. The minimum Gasteiger partial charge on any atom is -0.492 e. The van der Waals surface area contributed by atoms with Gasteiger partial charge in [-0.05, 0) is 32.9 Å². The maximum absolute atomic E-state index is 13.2. The number of carbonyl (C=O) groups is 3. The molecule has 34 heavy (non-hydrogen) atoms. The van der Waals surface area contributed by atoms with E-state index in [2.05, 4.69) is 10.2 Å². The Morgan fingerprint density at radius 2 is 1.59 bits per heavy atom. The van der Waals surface area contributed by atoms with Gasteiger partial charge in [-0.15, -0.1) is 0 Å². The summed E-state index contributed by atoms with van der Waals surface area (Å²) in [6.45, 7) is 8.79. The van der Waals surface area contributed by atoms with Crippen LogP contribution in [0.4, 0.5) is 11.4 Å². The van der Waals surface area contributed by atoms with Gasteiger partial charge >= 0.3 is 0 Å². The molecule has 1 fully saturated rings. The van der Waals surface area contributed by atoms with Crippen molar-refractivity contribution < 1.29 is 28.6 Å². The number of carbonyl (C=O) groups excluding carboxylic acids is 3. The van der Waals surface area contributed by atoms with E-state index in [4.69, 9.17) is 14.2 Å². The van der Waals surface area contributed by atoms with Gasteiger partial charge in [-0.3, -0.25) is 19.3 Å². The van der Waals surface area contributed by atoms with Crippen molar-refractivity contribution in [1.29, 1.82) is 0 Å². The van der Waals surface area contributed by atoms with Crippen molar-refractivity contribution >= 4 is 29.1 Å². The number of amides is 3. The summed E-state index contributed by atoms with van der Waals surface area (Å²) in [4.78, 5) is 41.9. The summed E-state index contributed by atoms with van der Waals surface area (Å²) < 4.78 is 17.2. The molecule has 9 heteroatoms. The first-order valence-corrected chi connectivity index (χ1v) is 11.5. The van der Waals surface area contributed by atoms with Gasteiger partial charge in [-0.2, -0.15) is 0 Å². The van der Waals surface area contributed by atoms with Crippen molar-refractivity contribution in [2.24, 2.45) is 0 Å². The monoisotopic (exact) mass is 467 g/mol. The minimum absolute atomic E-state index is 0.302. The molecule has 0 spiro atoms. The number of morpholine rings is 1. The quantitative estimate of drug-likeness (QED) is 0.596. The fourth-order valence-corrected chi connectivity index (χ4v) is 4.16. The second-order valence-electron chi connectivity index (χ2n) is 7.97. The molecule has 180 valence electrons. The Bertz CT molecular complexity index is 1060. The van der Waals surface area contributed by atoms with Crippen LogP contribution in [0.3, 0.4) is 0 Å². The normalized spacial score (nSPS) is 16.3. The number of rotatable bonds is 8. The lowest BCUT2D eigenvalue weighted by Crippen LogP contribution is -2.45. The summed E-state index contributed by atoms with van der Waals surface area (Å²) in [5, 5.41) is 2.84. The Morgan fingerprint density at radius 3 is 2.18 bits per heavy atom. The van der Waals surface area contributed by atoms with Crippen LogP contribution in [0.1, 0.15) is 41.5 Å². The second-order valence-corrected chi connectivity index (χ2v) is 7.97. The number of hydrogen-bond acceptors (Lipinski definition) is 7. The first-order valence-electron chi connectivity index (χ1n) is 11.5. The number of hydrogen-bond donors (Lipinski definition) is 1. The number of benzene rings is 2. The molecule has 2 aromatic rings. The van der Waals surface area contributed by atoms with Crippen LogP contribution >= 0.6 is 0 Å². The van der Waals surface area contributed by atoms with E-state index in [1.54, 1.807) is 30.3 Å². The van der Waals surface area contributed by atoms with Gasteiger partial charge in [0, 0.05) is 25.2 Å². The van der Waals surface area contributed by atoms with Crippen LogP contribution in [0.2, 0.25) is 0 Å². The number of imide groups is 1. The zero-order valence-electron chi connectivity index (χ0n) is 19.6. The summed E-state index contributed by atoms with van der Waals surface area (Å²) in [5.74, 6) is -0.374. The standard InChI is InChI=1S/C25H29N3O6/c1-4-33-21-15-20(27-10-12-32-13-11-27)22(34-5-2)14-19(21)26-23(29)16(3)28-24(30)17-8-6-7-9-18(17)25(28)31/h6-9,14-16H,4-5,10-13H2,1-3H3,(H,26,29). The summed E-state index contributed by atoms with van der Waals surface area (Å²) in [7, 11) is 0. The van der Waals surface area contributed by atoms with Crippen LogP contribution in [0, 0.1) is 0 Å². The van der Waals surface area contributed by atoms with Crippen molar-refractivity contribution in [3.8, 4) is 11.5 Å². The Hall–Kier alpha value is -3.59. The number of fused-ring (bicyclic) bond motifs is 1. The van der Waals surface area contributed by atoms with E-state index in [1.165, 1.54) is 6.92 Å². The molecule has 4 rings (SSSR count). The molecule has 2 aliphatic heterocycles. The highest BCUT2D eigenvalue weighted by Crippen LogP contribution is 2.39. The highest BCUT2D eigenvalue weighted by molar-refractivity contribution is 6.23. The molecule has 3 amide bonds. The Kier molecular flexibility index (Phi) is 7.02. The van der Waals surface area contributed by atoms with Gasteiger partial charge in [-0.25, -0.2) is 0 Å². The largest absolute Gasteiger partial charge is 0.492 e. The van der Waals surface area contributed by atoms with Crippen molar-refractivity contribution in [3.05, 3.63) is 47.5 Å². The molecule has 1 saturated heterocycles. The van der Waals surface area contributed by atoms with E-state index in [9.17, 15) is 14.4 Å². The van der Waals surface area contributed by atoms with E-state index in [0.717, 1.165) is 10.6 Å². The third-order valence-electron chi connectivity index (χ3n) is 5.86. The first-order chi connectivity index (χ1) is 16.5. The van der Waals surface area contributed by atoms with Crippen LogP contribution in [0.25, 0.3) is 0 Å². The van der Waals surface area contributed by atoms with Crippen molar-refractivity contribution in [3.63, 3.8) is 0 Å². The molecule has 2 heterocycles.